The number of methoxy groups -OCH3 is 3. The van der Waals surface area contributed by atoms with E-state index in [1.165, 1.54) is 19.4 Å². The molecule has 7 heteroatoms. The lowest BCUT2D eigenvalue weighted by Crippen LogP contribution is -2.02. The summed E-state index contributed by atoms with van der Waals surface area (Å²) in [6.45, 7) is 0. The number of H-pyrrole nitrogens is 1. The third-order valence-electron chi connectivity index (χ3n) is 3.17. The number of nitriles is 1. The highest BCUT2D eigenvalue weighted by Crippen LogP contribution is 2.33. The third-order valence-corrected chi connectivity index (χ3v) is 3.17. The van der Waals surface area contributed by atoms with Gasteiger partial charge in [-0.15, -0.1) is 0 Å². The van der Waals surface area contributed by atoms with E-state index >= 15 is 0 Å². The van der Waals surface area contributed by atoms with E-state index in [-0.39, 0.29) is 5.57 Å². The van der Waals surface area contributed by atoms with E-state index in [4.69, 9.17) is 14.7 Å². The Hall–Kier alpha value is -3.27. The van der Waals surface area contributed by atoms with Crippen LogP contribution in [-0.2, 0) is 9.53 Å². The minimum Gasteiger partial charge on any atom is -0.493 e. The molecule has 1 heterocycles. The highest BCUT2D eigenvalue weighted by atomic mass is 16.5. The van der Waals surface area contributed by atoms with Crippen LogP contribution in [0.3, 0.4) is 0 Å². The van der Waals surface area contributed by atoms with Crippen LogP contribution in [0.2, 0.25) is 0 Å². The van der Waals surface area contributed by atoms with E-state index in [1.807, 2.05) is 12.1 Å². The highest BCUT2D eigenvalue weighted by molar-refractivity contribution is 5.98. The van der Waals surface area contributed by atoms with Gasteiger partial charge in [0.15, 0.2) is 11.5 Å². The molecule has 2 rings (SSSR count). The van der Waals surface area contributed by atoms with Crippen molar-refractivity contribution < 1.29 is 19.0 Å². The van der Waals surface area contributed by atoms with Crippen LogP contribution in [0.5, 0.6) is 11.5 Å². The van der Waals surface area contributed by atoms with Crippen molar-refractivity contribution in [1.82, 2.24) is 10.2 Å². The molecule has 23 heavy (non-hydrogen) atoms. The molecule has 0 saturated heterocycles. The van der Waals surface area contributed by atoms with Gasteiger partial charge in [-0.3, -0.25) is 5.10 Å². The molecule has 7 nitrogen and oxygen atoms in total. The minimum absolute atomic E-state index is 0.115. The topological polar surface area (TPSA) is 97.2 Å². The number of aromatic amines is 1. The smallest absolute Gasteiger partial charge is 0.348 e. The monoisotopic (exact) mass is 313 g/mol. The SMILES string of the molecule is COC(=O)/C(C#N)=C/c1cn[nH]c1-c1ccc(OC)c(OC)c1. The largest absolute Gasteiger partial charge is 0.493 e. The van der Waals surface area contributed by atoms with Gasteiger partial charge in [-0.05, 0) is 24.3 Å². The van der Waals surface area contributed by atoms with Gasteiger partial charge in [0.25, 0.3) is 0 Å². The summed E-state index contributed by atoms with van der Waals surface area (Å²) in [5, 5.41) is 15.9. The van der Waals surface area contributed by atoms with Crippen LogP contribution in [-0.4, -0.2) is 37.5 Å². The Morgan fingerprint density at radius 1 is 1.26 bits per heavy atom. The van der Waals surface area contributed by atoms with Crippen LogP contribution in [0.4, 0.5) is 0 Å². The van der Waals surface area contributed by atoms with E-state index < -0.39 is 5.97 Å². The summed E-state index contributed by atoms with van der Waals surface area (Å²) in [6.07, 6.45) is 2.94. The van der Waals surface area contributed by atoms with Crippen molar-refractivity contribution in [3.8, 4) is 28.8 Å². The molecule has 0 fully saturated rings. The van der Waals surface area contributed by atoms with Crippen LogP contribution < -0.4 is 9.47 Å². The van der Waals surface area contributed by atoms with Gasteiger partial charge < -0.3 is 14.2 Å². The number of hydrogen-bond acceptors (Lipinski definition) is 6. The fourth-order valence-corrected chi connectivity index (χ4v) is 2.03. The van der Waals surface area contributed by atoms with Crippen LogP contribution >= 0.6 is 0 Å². The summed E-state index contributed by atoms with van der Waals surface area (Å²) in [4.78, 5) is 11.5. The first-order chi connectivity index (χ1) is 11.1. The number of nitrogens with one attached hydrogen (secondary N) is 1. The molecule has 0 aliphatic rings. The summed E-state index contributed by atoms with van der Waals surface area (Å²) < 4.78 is 15.0. The number of ether oxygens (including phenoxy) is 3. The average Bonchev–Trinajstić information content (AvgIpc) is 3.06. The van der Waals surface area contributed by atoms with Crippen molar-refractivity contribution in [3.63, 3.8) is 0 Å². The molecule has 0 aliphatic heterocycles. The van der Waals surface area contributed by atoms with Gasteiger partial charge in [-0.25, -0.2) is 4.79 Å². The maximum absolute atomic E-state index is 11.5. The summed E-state index contributed by atoms with van der Waals surface area (Å²) in [6, 6.07) is 7.16. The molecule has 0 unspecified atom stereocenters. The predicted octanol–water partition coefficient (Wildman–Crippen LogP) is 2.17. The minimum atomic E-state index is -0.702. The molecule has 0 radical (unpaired) electrons. The number of nitrogens with zero attached hydrogens (tertiary/aromatic N) is 2. The number of carbonyl (C=O) groups excluding carboxylic acids is 1. The lowest BCUT2D eigenvalue weighted by atomic mass is 10.1. The zero-order chi connectivity index (χ0) is 16.8. The molecule has 0 saturated carbocycles. The summed E-state index contributed by atoms with van der Waals surface area (Å²) in [5.41, 5.74) is 1.88. The van der Waals surface area contributed by atoms with E-state index in [1.54, 1.807) is 26.4 Å². The Kier molecular flexibility index (Phi) is 5.00. The maximum atomic E-state index is 11.5. The zero-order valence-electron chi connectivity index (χ0n) is 12.9. The number of aromatic nitrogens is 2. The summed E-state index contributed by atoms with van der Waals surface area (Å²) >= 11 is 0. The van der Waals surface area contributed by atoms with Gasteiger partial charge in [0.05, 0.1) is 33.2 Å². The number of rotatable bonds is 5. The Morgan fingerprint density at radius 2 is 2.00 bits per heavy atom. The molecule has 0 spiro atoms. The quantitative estimate of drug-likeness (QED) is 0.516. The maximum Gasteiger partial charge on any atom is 0.348 e. The number of esters is 1. The van der Waals surface area contributed by atoms with Crippen molar-refractivity contribution in [2.24, 2.45) is 0 Å². The second kappa shape index (κ2) is 7.13. The van der Waals surface area contributed by atoms with E-state index in [9.17, 15) is 4.79 Å². The standard InChI is InChI=1S/C16H15N3O4/c1-21-13-5-4-10(7-14(13)22-2)15-12(9-18-19-15)6-11(8-17)16(20)23-3/h4-7,9H,1-3H3,(H,18,19)/b11-6+. The third kappa shape index (κ3) is 3.32. The van der Waals surface area contributed by atoms with Gasteiger partial charge >= 0.3 is 5.97 Å². The number of carbonyl (C=O) groups is 1. The number of benzene rings is 1. The van der Waals surface area contributed by atoms with Gasteiger partial charge in [0, 0.05) is 11.1 Å². The van der Waals surface area contributed by atoms with E-state index in [0.717, 1.165) is 5.56 Å². The Labute approximate surface area is 133 Å². The molecule has 1 N–H and O–H groups in total. The molecule has 0 aliphatic carbocycles. The van der Waals surface area contributed by atoms with E-state index in [2.05, 4.69) is 14.9 Å². The fourth-order valence-electron chi connectivity index (χ4n) is 2.03. The van der Waals surface area contributed by atoms with Crippen molar-refractivity contribution in [3.05, 3.63) is 35.5 Å². The first kappa shape index (κ1) is 16.1. The van der Waals surface area contributed by atoms with E-state index in [0.29, 0.717) is 22.8 Å². The first-order valence-electron chi connectivity index (χ1n) is 6.60. The normalized spacial score (nSPS) is 10.8. The van der Waals surface area contributed by atoms with Gasteiger partial charge in [0.2, 0.25) is 0 Å². The highest BCUT2D eigenvalue weighted by Gasteiger charge is 2.14. The zero-order valence-corrected chi connectivity index (χ0v) is 12.9. The van der Waals surface area contributed by atoms with Gasteiger partial charge in [-0.2, -0.15) is 10.4 Å². The molecular weight excluding hydrogens is 298 g/mol. The van der Waals surface area contributed by atoms with Crippen LogP contribution in [0.25, 0.3) is 17.3 Å². The van der Waals surface area contributed by atoms with Crippen molar-refractivity contribution >= 4 is 12.0 Å². The Bertz CT molecular complexity index is 787. The van der Waals surface area contributed by atoms with Crippen molar-refractivity contribution in [2.45, 2.75) is 0 Å². The molecule has 0 amide bonds. The lowest BCUT2D eigenvalue weighted by molar-refractivity contribution is -0.135. The van der Waals surface area contributed by atoms with Crippen molar-refractivity contribution in [2.75, 3.05) is 21.3 Å². The van der Waals surface area contributed by atoms with Gasteiger partial charge in [0.1, 0.15) is 11.6 Å². The second-order valence-corrected chi connectivity index (χ2v) is 4.43. The Balaban J connectivity index is 2.48. The first-order valence-corrected chi connectivity index (χ1v) is 6.60. The number of hydrogen-bond donors (Lipinski definition) is 1. The van der Waals surface area contributed by atoms with Crippen LogP contribution in [0, 0.1) is 11.3 Å². The van der Waals surface area contributed by atoms with Gasteiger partial charge in [-0.1, -0.05) is 0 Å². The molecular formula is C16H15N3O4. The van der Waals surface area contributed by atoms with Crippen LogP contribution in [0.1, 0.15) is 5.56 Å². The molecule has 1 aromatic carbocycles. The molecule has 2 aromatic rings. The summed E-state index contributed by atoms with van der Waals surface area (Å²) in [5.74, 6) is 0.454. The molecule has 118 valence electrons. The lowest BCUT2D eigenvalue weighted by Gasteiger charge is -2.09. The molecule has 0 atom stereocenters. The summed E-state index contributed by atoms with van der Waals surface area (Å²) in [7, 11) is 4.32. The molecule has 1 aromatic heterocycles. The van der Waals surface area contributed by atoms with Crippen LogP contribution in [0.15, 0.2) is 30.0 Å². The second-order valence-electron chi connectivity index (χ2n) is 4.43. The van der Waals surface area contributed by atoms with Crippen molar-refractivity contribution in [1.29, 1.82) is 5.26 Å². The predicted molar refractivity (Wildman–Crippen MR) is 82.7 cm³/mol. The molecule has 0 bridgehead atoms. The Morgan fingerprint density at radius 3 is 2.61 bits per heavy atom. The average molecular weight is 313 g/mol. The fraction of sp³-hybridized carbons (Fsp3) is 0.188.